The van der Waals surface area contributed by atoms with Gasteiger partial charge in [0, 0.05) is 30.4 Å². The topological polar surface area (TPSA) is 34.1 Å². The molecule has 104 valence electrons. The van der Waals surface area contributed by atoms with E-state index in [2.05, 4.69) is 24.1 Å². The molecule has 19 heavy (non-hydrogen) atoms. The van der Waals surface area contributed by atoms with Crippen LogP contribution < -0.4 is 10.1 Å². The molecule has 1 aromatic heterocycles. The summed E-state index contributed by atoms with van der Waals surface area (Å²) in [6.45, 7) is 4.63. The van der Waals surface area contributed by atoms with Gasteiger partial charge in [-0.15, -0.1) is 0 Å². The average Bonchev–Trinajstić information content (AvgIpc) is 2.65. The number of piperidine rings is 1. The van der Waals surface area contributed by atoms with E-state index in [4.69, 9.17) is 4.74 Å². The van der Waals surface area contributed by atoms with Gasteiger partial charge in [-0.25, -0.2) is 0 Å². The Kier molecular flexibility index (Phi) is 3.48. The molecular formula is C16H24N2O. The molecule has 0 aliphatic carbocycles. The van der Waals surface area contributed by atoms with Crippen molar-refractivity contribution in [2.75, 3.05) is 0 Å². The number of pyridine rings is 1. The van der Waals surface area contributed by atoms with Crippen LogP contribution in [0, 0.1) is 5.92 Å². The summed E-state index contributed by atoms with van der Waals surface area (Å²) in [5.74, 6) is 1.70. The Bertz CT molecular complexity index is 420. The summed E-state index contributed by atoms with van der Waals surface area (Å²) >= 11 is 0. The van der Waals surface area contributed by atoms with E-state index in [0.29, 0.717) is 17.7 Å². The normalized spacial score (nSPS) is 33.6. The van der Waals surface area contributed by atoms with E-state index in [1.165, 1.54) is 19.3 Å². The van der Waals surface area contributed by atoms with Gasteiger partial charge in [0.15, 0.2) is 0 Å². The van der Waals surface area contributed by atoms with E-state index in [-0.39, 0.29) is 0 Å². The van der Waals surface area contributed by atoms with Gasteiger partial charge in [-0.1, -0.05) is 13.8 Å². The Hall–Kier alpha value is -1.09. The first-order chi connectivity index (χ1) is 9.15. The maximum absolute atomic E-state index is 6.16. The summed E-state index contributed by atoms with van der Waals surface area (Å²) < 4.78 is 6.16. The third kappa shape index (κ3) is 2.92. The quantitative estimate of drug-likeness (QED) is 0.903. The highest BCUT2D eigenvalue weighted by molar-refractivity contribution is 5.18. The fourth-order valence-corrected chi connectivity index (χ4v) is 3.93. The van der Waals surface area contributed by atoms with Gasteiger partial charge < -0.3 is 10.1 Å². The van der Waals surface area contributed by atoms with Gasteiger partial charge in [-0.3, -0.25) is 4.98 Å². The SMILES string of the molecule is CC(C)C[C@]12CC[C@@H](C[C@H](Oc3ccncc3)C1)N2. The maximum atomic E-state index is 6.16. The van der Waals surface area contributed by atoms with Crippen LogP contribution in [0.5, 0.6) is 5.75 Å². The third-order valence-electron chi connectivity index (χ3n) is 4.40. The summed E-state index contributed by atoms with van der Waals surface area (Å²) in [6, 6.07) is 4.57. The van der Waals surface area contributed by atoms with E-state index in [9.17, 15) is 0 Å². The first-order valence-corrected chi connectivity index (χ1v) is 7.50. The van der Waals surface area contributed by atoms with Crippen LogP contribution in [-0.4, -0.2) is 22.7 Å². The van der Waals surface area contributed by atoms with Crippen LogP contribution in [0.3, 0.4) is 0 Å². The molecule has 2 aliphatic rings. The first kappa shape index (κ1) is 12.9. The smallest absolute Gasteiger partial charge is 0.122 e. The lowest BCUT2D eigenvalue weighted by Gasteiger charge is -2.40. The molecule has 1 aromatic rings. The van der Waals surface area contributed by atoms with Crippen molar-refractivity contribution in [3.8, 4) is 5.75 Å². The largest absolute Gasteiger partial charge is 0.490 e. The van der Waals surface area contributed by atoms with Crippen molar-refractivity contribution in [3.63, 3.8) is 0 Å². The Morgan fingerprint density at radius 1 is 1.42 bits per heavy atom. The van der Waals surface area contributed by atoms with Gasteiger partial charge in [0.25, 0.3) is 0 Å². The number of ether oxygens (including phenoxy) is 1. The lowest BCUT2D eigenvalue weighted by molar-refractivity contribution is 0.0907. The van der Waals surface area contributed by atoms with Crippen LogP contribution in [0.1, 0.15) is 46.0 Å². The minimum absolute atomic E-state index is 0.328. The number of hydrogen-bond acceptors (Lipinski definition) is 3. The predicted molar refractivity (Wildman–Crippen MR) is 76.2 cm³/mol. The average molecular weight is 260 g/mol. The van der Waals surface area contributed by atoms with Gasteiger partial charge in [0.05, 0.1) is 0 Å². The van der Waals surface area contributed by atoms with E-state index in [1.807, 2.05) is 12.1 Å². The minimum atomic E-state index is 0.328. The molecule has 3 nitrogen and oxygen atoms in total. The van der Waals surface area contributed by atoms with Gasteiger partial charge in [0.1, 0.15) is 11.9 Å². The molecule has 2 bridgehead atoms. The molecule has 3 rings (SSSR count). The number of rotatable bonds is 4. The van der Waals surface area contributed by atoms with Crippen molar-refractivity contribution in [1.29, 1.82) is 0 Å². The molecule has 3 heteroatoms. The monoisotopic (exact) mass is 260 g/mol. The molecule has 3 heterocycles. The van der Waals surface area contributed by atoms with Crippen molar-refractivity contribution < 1.29 is 4.74 Å². The highest BCUT2D eigenvalue weighted by Gasteiger charge is 2.45. The summed E-state index contributed by atoms with van der Waals surface area (Å²) in [5, 5.41) is 3.86. The van der Waals surface area contributed by atoms with Gasteiger partial charge in [-0.05, 0) is 43.7 Å². The van der Waals surface area contributed by atoms with Crippen molar-refractivity contribution in [3.05, 3.63) is 24.5 Å². The minimum Gasteiger partial charge on any atom is -0.490 e. The molecule has 0 amide bonds. The molecule has 0 saturated carbocycles. The molecule has 2 fully saturated rings. The lowest BCUT2D eigenvalue weighted by Crippen LogP contribution is -2.52. The van der Waals surface area contributed by atoms with Crippen LogP contribution in [0.25, 0.3) is 0 Å². The van der Waals surface area contributed by atoms with Crippen LogP contribution in [0.15, 0.2) is 24.5 Å². The molecule has 2 aliphatic heterocycles. The lowest BCUT2D eigenvalue weighted by atomic mass is 9.82. The Labute approximate surface area is 115 Å². The fraction of sp³-hybridized carbons (Fsp3) is 0.688. The second-order valence-corrected chi connectivity index (χ2v) is 6.62. The van der Waals surface area contributed by atoms with E-state index >= 15 is 0 Å². The third-order valence-corrected chi connectivity index (χ3v) is 4.40. The number of nitrogens with zero attached hydrogens (tertiary/aromatic N) is 1. The first-order valence-electron chi connectivity index (χ1n) is 7.50. The van der Waals surface area contributed by atoms with E-state index in [1.54, 1.807) is 12.4 Å². The fourth-order valence-electron chi connectivity index (χ4n) is 3.93. The molecule has 1 N–H and O–H groups in total. The molecule has 0 aromatic carbocycles. The van der Waals surface area contributed by atoms with E-state index < -0.39 is 0 Å². The molecule has 0 spiro atoms. The van der Waals surface area contributed by atoms with E-state index in [0.717, 1.165) is 24.5 Å². The number of aromatic nitrogens is 1. The van der Waals surface area contributed by atoms with Gasteiger partial charge in [-0.2, -0.15) is 0 Å². The Morgan fingerprint density at radius 2 is 2.21 bits per heavy atom. The highest BCUT2D eigenvalue weighted by Crippen LogP contribution is 2.40. The summed E-state index contributed by atoms with van der Waals surface area (Å²) in [7, 11) is 0. The standard InChI is InChI=1S/C16H24N2O/c1-12(2)10-16-6-3-13(18-16)9-15(11-16)19-14-4-7-17-8-5-14/h4-5,7-8,12-13,15,18H,3,6,9-11H2,1-2H3/t13-,15-,16+/m0/s1. The van der Waals surface area contributed by atoms with Crippen molar-refractivity contribution >= 4 is 0 Å². The molecular weight excluding hydrogens is 236 g/mol. The number of hydrogen-bond donors (Lipinski definition) is 1. The van der Waals surface area contributed by atoms with Crippen molar-refractivity contribution in [2.24, 2.45) is 5.92 Å². The maximum Gasteiger partial charge on any atom is 0.122 e. The number of nitrogens with one attached hydrogen (secondary N) is 1. The van der Waals surface area contributed by atoms with Gasteiger partial charge >= 0.3 is 0 Å². The Morgan fingerprint density at radius 3 is 2.95 bits per heavy atom. The van der Waals surface area contributed by atoms with Crippen LogP contribution in [0.4, 0.5) is 0 Å². The Balaban J connectivity index is 1.68. The van der Waals surface area contributed by atoms with Gasteiger partial charge in [0.2, 0.25) is 0 Å². The summed E-state index contributed by atoms with van der Waals surface area (Å²) in [5.41, 5.74) is 0.328. The van der Waals surface area contributed by atoms with Crippen molar-refractivity contribution in [1.82, 2.24) is 10.3 Å². The zero-order valence-corrected chi connectivity index (χ0v) is 11.9. The highest BCUT2D eigenvalue weighted by atomic mass is 16.5. The van der Waals surface area contributed by atoms with Crippen LogP contribution in [0.2, 0.25) is 0 Å². The second-order valence-electron chi connectivity index (χ2n) is 6.62. The summed E-state index contributed by atoms with van der Waals surface area (Å²) in [6.07, 6.45) is 10.1. The molecule has 3 atom stereocenters. The van der Waals surface area contributed by atoms with Crippen LogP contribution >= 0.6 is 0 Å². The zero-order chi connectivity index (χ0) is 13.3. The molecule has 0 unspecified atom stereocenters. The zero-order valence-electron chi connectivity index (χ0n) is 11.9. The molecule has 0 radical (unpaired) electrons. The number of fused-ring (bicyclic) bond motifs is 2. The second kappa shape index (κ2) is 5.12. The predicted octanol–water partition coefficient (Wildman–Crippen LogP) is 3.16. The molecule has 2 saturated heterocycles. The van der Waals surface area contributed by atoms with Crippen LogP contribution in [-0.2, 0) is 0 Å². The van der Waals surface area contributed by atoms with Crippen molar-refractivity contribution in [2.45, 2.75) is 63.6 Å². The summed E-state index contributed by atoms with van der Waals surface area (Å²) in [4.78, 5) is 4.04.